The van der Waals surface area contributed by atoms with E-state index in [9.17, 15) is 13.2 Å². The summed E-state index contributed by atoms with van der Waals surface area (Å²) in [6.07, 6.45) is 1.97. The molecule has 1 aliphatic rings. The Hall–Kier alpha value is -1.44. The first-order valence-electron chi connectivity index (χ1n) is 8.23. The lowest BCUT2D eigenvalue weighted by Crippen LogP contribution is -2.38. The largest absolute Gasteiger partial charge is 0.383 e. The van der Waals surface area contributed by atoms with Crippen LogP contribution in [0.25, 0.3) is 0 Å². The second-order valence-corrected chi connectivity index (χ2v) is 8.11. The number of carbonyl (C=O) groups is 1. The van der Waals surface area contributed by atoms with Crippen LogP contribution in [0.4, 0.5) is 0 Å². The van der Waals surface area contributed by atoms with E-state index >= 15 is 0 Å². The van der Waals surface area contributed by atoms with Crippen LogP contribution >= 0.6 is 0 Å². The molecule has 0 bridgehead atoms. The summed E-state index contributed by atoms with van der Waals surface area (Å²) in [6.45, 7) is 5.95. The molecule has 0 radical (unpaired) electrons. The van der Waals surface area contributed by atoms with Crippen LogP contribution in [0.2, 0.25) is 0 Å². The number of sulfonamides is 1. The molecule has 0 unspecified atom stereocenters. The van der Waals surface area contributed by atoms with Gasteiger partial charge < -0.3 is 9.64 Å². The Morgan fingerprint density at radius 3 is 2.62 bits per heavy atom. The highest BCUT2D eigenvalue weighted by Gasteiger charge is 2.24. The Labute approximate surface area is 144 Å². The van der Waals surface area contributed by atoms with E-state index in [1.165, 1.54) is 19.2 Å². The van der Waals surface area contributed by atoms with Crippen molar-refractivity contribution < 1.29 is 17.9 Å². The normalized spacial score (nSPS) is 16.4. The van der Waals surface area contributed by atoms with Gasteiger partial charge in [0.2, 0.25) is 10.0 Å². The number of benzene rings is 1. The van der Waals surface area contributed by atoms with Crippen molar-refractivity contribution in [3.8, 4) is 0 Å². The summed E-state index contributed by atoms with van der Waals surface area (Å²) < 4.78 is 32.0. The summed E-state index contributed by atoms with van der Waals surface area (Å²) in [6, 6.07) is 4.69. The van der Waals surface area contributed by atoms with Crippen molar-refractivity contribution in [1.82, 2.24) is 9.62 Å². The Bertz CT molecular complexity index is 680. The SMILES string of the molecule is COCCNS(=O)(=O)c1ccc(C)c(C(=O)N2CCC(C)CC2)c1. The van der Waals surface area contributed by atoms with Gasteiger partial charge in [-0.1, -0.05) is 13.0 Å². The molecular formula is C17H26N2O4S. The third kappa shape index (κ3) is 4.55. The zero-order chi connectivity index (χ0) is 17.7. The maximum atomic E-state index is 12.8. The van der Waals surface area contributed by atoms with Gasteiger partial charge in [-0.25, -0.2) is 13.1 Å². The van der Waals surface area contributed by atoms with Gasteiger partial charge in [-0.15, -0.1) is 0 Å². The van der Waals surface area contributed by atoms with Crippen LogP contribution in [0.5, 0.6) is 0 Å². The minimum atomic E-state index is -3.65. The van der Waals surface area contributed by atoms with Gasteiger partial charge >= 0.3 is 0 Å². The molecule has 1 saturated heterocycles. The van der Waals surface area contributed by atoms with E-state index in [1.807, 2.05) is 11.8 Å². The number of nitrogens with zero attached hydrogens (tertiary/aromatic N) is 1. The number of rotatable bonds is 6. The van der Waals surface area contributed by atoms with Crippen LogP contribution in [-0.2, 0) is 14.8 Å². The molecule has 0 atom stereocenters. The molecule has 0 saturated carbocycles. The first-order valence-corrected chi connectivity index (χ1v) is 9.72. The maximum absolute atomic E-state index is 12.8. The van der Waals surface area contributed by atoms with Crippen LogP contribution < -0.4 is 4.72 Å². The monoisotopic (exact) mass is 354 g/mol. The summed E-state index contributed by atoms with van der Waals surface area (Å²) >= 11 is 0. The summed E-state index contributed by atoms with van der Waals surface area (Å²) in [5.41, 5.74) is 1.24. The van der Waals surface area contributed by atoms with Crippen molar-refractivity contribution >= 4 is 15.9 Å². The van der Waals surface area contributed by atoms with Crippen molar-refractivity contribution in [2.75, 3.05) is 33.4 Å². The second kappa shape index (κ2) is 8.09. The standard InChI is InChI=1S/C17H26N2O4S/c1-13-6-9-19(10-7-13)17(20)16-12-15(5-4-14(16)2)24(21,22)18-8-11-23-3/h4-5,12-13,18H,6-11H2,1-3H3. The number of hydrogen-bond acceptors (Lipinski definition) is 4. The number of nitrogens with one attached hydrogen (secondary N) is 1. The van der Waals surface area contributed by atoms with Gasteiger partial charge in [-0.3, -0.25) is 4.79 Å². The molecule has 1 heterocycles. The Morgan fingerprint density at radius 1 is 1.33 bits per heavy atom. The number of carbonyl (C=O) groups excluding carboxylic acids is 1. The van der Waals surface area contributed by atoms with E-state index in [-0.39, 0.29) is 17.3 Å². The predicted molar refractivity (Wildman–Crippen MR) is 92.5 cm³/mol. The van der Waals surface area contributed by atoms with E-state index in [2.05, 4.69) is 11.6 Å². The lowest BCUT2D eigenvalue weighted by molar-refractivity contribution is 0.0696. The van der Waals surface area contributed by atoms with Crippen molar-refractivity contribution in [1.29, 1.82) is 0 Å². The Kier molecular flexibility index (Phi) is 6.37. The van der Waals surface area contributed by atoms with E-state index < -0.39 is 10.0 Å². The first-order chi connectivity index (χ1) is 11.3. The number of piperidine rings is 1. The highest BCUT2D eigenvalue weighted by Crippen LogP contribution is 2.21. The quantitative estimate of drug-likeness (QED) is 0.790. The smallest absolute Gasteiger partial charge is 0.254 e. The predicted octanol–water partition coefficient (Wildman–Crippen LogP) is 1.79. The average molecular weight is 354 g/mol. The van der Waals surface area contributed by atoms with Gasteiger partial charge in [0.25, 0.3) is 5.91 Å². The molecule has 1 aromatic carbocycles. The van der Waals surface area contributed by atoms with Gasteiger partial charge in [-0.2, -0.15) is 0 Å². The molecular weight excluding hydrogens is 328 g/mol. The molecule has 0 spiro atoms. The number of methoxy groups -OCH3 is 1. The van der Waals surface area contributed by atoms with Crippen molar-refractivity contribution in [2.45, 2.75) is 31.6 Å². The number of amides is 1. The van der Waals surface area contributed by atoms with E-state index in [4.69, 9.17) is 4.74 Å². The highest BCUT2D eigenvalue weighted by molar-refractivity contribution is 7.89. The van der Waals surface area contributed by atoms with Gasteiger partial charge in [0, 0.05) is 32.3 Å². The van der Waals surface area contributed by atoms with Gasteiger partial charge in [-0.05, 0) is 43.4 Å². The molecule has 1 amide bonds. The van der Waals surface area contributed by atoms with Crippen molar-refractivity contribution in [3.05, 3.63) is 29.3 Å². The van der Waals surface area contributed by atoms with Crippen molar-refractivity contribution in [3.63, 3.8) is 0 Å². The molecule has 1 aliphatic heterocycles. The van der Waals surface area contributed by atoms with Crippen LogP contribution in [0.1, 0.15) is 35.7 Å². The van der Waals surface area contributed by atoms with Gasteiger partial charge in [0.15, 0.2) is 0 Å². The van der Waals surface area contributed by atoms with Gasteiger partial charge in [0.05, 0.1) is 11.5 Å². The Balaban J connectivity index is 2.20. The van der Waals surface area contributed by atoms with Gasteiger partial charge in [0.1, 0.15) is 0 Å². The van der Waals surface area contributed by atoms with E-state index in [0.717, 1.165) is 31.5 Å². The molecule has 7 heteroatoms. The summed E-state index contributed by atoms with van der Waals surface area (Å²) in [5.74, 6) is 0.542. The number of aryl methyl sites for hydroxylation is 1. The maximum Gasteiger partial charge on any atom is 0.254 e. The molecule has 0 aliphatic carbocycles. The Morgan fingerprint density at radius 2 is 2.00 bits per heavy atom. The topological polar surface area (TPSA) is 75.7 Å². The molecule has 1 N–H and O–H groups in total. The fourth-order valence-corrected chi connectivity index (χ4v) is 3.78. The fraction of sp³-hybridized carbons (Fsp3) is 0.588. The summed E-state index contributed by atoms with van der Waals surface area (Å²) in [7, 11) is -2.14. The zero-order valence-electron chi connectivity index (χ0n) is 14.5. The third-order valence-corrected chi connectivity index (χ3v) is 5.88. The second-order valence-electron chi connectivity index (χ2n) is 6.34. The number of ether oxygens (including phenoxy) is 1. The fourth-order valence-electron chi connectivity index (χ4n) is 2.74. The van der Waals surface area contributed by atoms with Crippen LogP contribution in [0.15, 0.2) is 23.1 Å². The minimum Gasteiger partial charge on any atom is -0.383 e. The minimum absolute atomic E-state index is 0.0895. The molecule has 6 nitrogen and oxygen atoms in total. The van der Waals surface area contributed by atoms with Crippen molar-refractivity contribution in [2.24, 2.45) is 5.92 Å². The molecule has 1 aromatic rings. The third-order valence-electron chi connectivity index (χ3n) is 4.42. The lowest BCUT2D eigenvalue weighted by Gasteiger charge is -2.30. The van der Waals surface area contributed by atoms with Crippen LogP contribution in [0.3, 0.4) is 0 Å². The number of hydrogen-bond donors (Lipinski definition) is 1. The molecule has 0 aromatic heterocycles. The molecule has 2 rings (SSSR count). The zero-order valence-corrected chi connectivity index (χ0v) is 15.4. The summed E-state index contributed by atoms with van der Waals surface area (Å²) in [5, 5.41) is 0. The molecule has 134 valence electrons. The molecule has 24 heavy (non-hydrogen) atoms. The van der Waals surface area contributed by atoms with Crippen LogP contribution in [-0.4, -0.2) is 52.6 Å². The van der Waals surface area contributed by atoms with E-state index in [0.29, 0.717) is 18.1 Å². The lowest BCUT2D eigenvalue weighted by atomic mass is 9.98. The van der Waals surface area contributed by atoms with E-state index in [1.54, 1.807) is 6.07 Å². The number of likely N-dealkylation sites (tertiary alicyclic amines) is 1. The average Bonchev–Trinajstić information content (AvgIpc) is 2.55. The van der Waals surface area contributed by atoms with Crippen LogP contribution in [0, 0.1) is 12.8 Å². The first kappa shape index (κ1) is 18.9. The molecule has 1 fully saturated rings. The highest BCUT2D eigenvalue weighted by atomic mass is 32.2. The summed E-state index contributed by atoms with van der Waals surface area (Å²) in [4.78, 5) is 14.7.